The fourth-order valence-electron chi connectivity index (χ4n) is 1.95. The van der Waals surface area contributed by atoms with Crippen molar-refractivity contribution in [2.45, 2.75) is 13.5 Å². The summed E-state index contributed by atoms with van der Waals surface area (Å²) in [4.78, 5) is 11.6. The van der Waals surface area contributed by atoms with Crippen molar-refractivity contribution in [1.82, 2.24) is 5.32 Å². The number of halogens is 2. The highest BCUT2D eigenvalue weighted by Crippen LogP contribution is 2.20. The molecule has 0 aliphatic heterocycles. The molecule has 110 valence electrons. The topological polar surface area (TPSA) is 41.1 Å². The summed E-state index contributed by atoms with van der Waals surface area (Å²) in [6.07, 6.45) is 0. The molecule has 5 heteroatoms. The number of hydrogen-bond acceptors (Lipinski definition) is 2. The molecule has 2 aromatic rings. The summed E-state index contributed by atoms with van der Waals surface area (Å²) in [6, 6.07) is 10.4. The van der Waals surface area contributed by atoms with Crippen LogP contribution < -0.4 is 10.6 Å². The number of rotatable bonds is 4. The van der Waals surface area contributed by atoms with Crippen molar-refractivity contribution < 1.29 is 9.18 Å². The molecular formula is C16H16BrFN2O. The summed E-state index contributed by atoms with van der Waals surface area (Å²) in [5, 5.41) is 5.76. The molecule has 0 saturated carbocycles. The second-order valence-corrected chi connectivity index (χ2v) is 5.61. The maximum absolute atomic E-state index is 13.8. The van der Waals surface area contributed by atoms with E-state index in [4.69, 9.17) is 0 Å². The van der Waals surface area contributed by atoms with E-state index >= 15 is 0 Å². The second-order valence-electron chi connectivity index (χ2n) is 4.70. The van der Waals surface area contributed by atoms with Crippen LogP contribution in [0.4, 0.5) is 10.1 Å². The van der Waals surface area contributed by atoms with Gasteiger partial charge in [-0.25, -0.2) is 4.39 Å². The standard InChI is InChI=1S/C16H16BrFN2O/c1-10-3-4-11(16(21)19-2)7-15(10)20-9-12-5-6-13(17)8-14(12)18/h3-8,20H,9H2,1-2H3,(H,19,21). The molecule has 0 aliphatic carbocycles. The number of anilines is 1. The van der Waals surface area contributed by atoms with Gasteiger partial charge in [-0.3, -0.25) is 4.79 Å². The molecule has 0 aliphatic rings. The van der Waals surface area contributed by atoms with E-state index in [1.807, 2.05) is 13.0 Å². The Labute approximate surface area is 131 Å². The van der Waals surface area contributed by atoms with Gasteiger partial charge in [-0.2, -0.15) is 0 Å². The maximum Gasteiger partial charge on any atom is 0.251 e. The highest BCUT2D eigenvalue weighted by molar-refractivity contribution is 9.10. The van der Waals surface area contributed by atoms with Crippen LogP contribution in [0.1, 0.15) is 21.5 Å². The Morgan fingerprint density at radius 2 is 2.00 bits per heavy atom. The minimum absolute atomic E-state index is 0.145. The van der Waals surface area contributed by atoms with E-state index in [0.29, 0.717) is 22.1 Å². The molecule has 2 rings (SSSR count). The zero-order valence-electron chi connectivity index (χ0n) is 11.8. The number of nitrogens with one attached hydrogen (secondary N) is 2. The summed E-state index contributed by atoms with van der Waals surface area (Å²) in [5.74, 6) is -0.412. The van der Waals surface area contributed by atoms with E-state index in [1.54, 1.807) is 31.3 Å². The monoisotopic (exact) mass is 350 g/mol. The number of amides is 1. The Balaban J connectivity index is 2.17. The van der Waals surface area contributed by atoms with Crippen LogP contribution in [0.3, 0.4) is 0 Å². The minimum atomic E-state index is -0.267. The van der Waals surface area contributed by atoms with E-state index in [-0.39, 0.29) is 11.7 Å². The lowest BCUT2D eigenvalue weighted by atomic mass is 10.1. The Kier molecular flexibility index (Phi) is 4.96. The van der Waals surface area contributed by atoms with Crippen LogP contribution in [0.2, 0.25) is 0 Å². The molecule has 1 amide bonds. The molecule has 0 fully saturated rings. The zero-order valence-corrected chi connectivity index (χ0v) is 13.4. The van der Waals surface area contributed by atoms with Gasteiger partial charge in [0.25, 0.3) is 5.91 Å². The third-order valence-corrected chi connectivity index (χ3v) is 3.70. The first-order valence-corrected chi connectivity index (χ1v) is 7.31. The van der Waals surface area contributed by atoms with Crippen molar-refractivity contribution >= 4 is 27.5 Å². The molecule has 2 aromatic carbocycles. The van der Waals surface area contributed by atoms with E-state index in [9.17, 15) is 9.18 Å². The summed E-state index contributed by atoms with van der Waals surface area (Å²) < 4.78 is 14.5. The first-order valence-electron chi connectivity index (χ1n) is 6.52. The van der Waals surface area contributed by atoms with Crippen LogP contribution in [0.5, 0.6) is 0 Å². The molecule has 2 N–H and O–H groups in total. The fourth-order valence-corrected chi connectivity index (χ4v) is 2.29. The Morgan fingerprint density at radius 3 is 2.67 bits per heavy atom. The van der Waals surface area contributed by atoms with Crippen molar-refractivity contribution in [3.05, 3.63) is 63.4 Å². The molecule has 0 saturated heterocycles. The SMILES string of the molecule is CNC(=O)c1ccc(C)c(NCc2ccc(Br)cc2F)c1. The van der Waals surface area contributed by atoms with Crippen LogP contribution >= 0.6 is 15.9 Å². The molecule has 3 nitrogen and oxygen atoms in total. The van der Waals surface area contributed by atoms with Crippen LogP contribution in [0, 0.1) is 12.7 Å². The quantitative estimate of drug-likeness (QED) is 0.878. The van der Waals surface area contributed by atoms with Gasteiger partial charge in [0.2, 0.25) is 0 Å². The zero-order chi connectivity index (χ0) is 15.4. The lowest BCUT2D eigenvalue weighted by Gasteiger charge is -2.12. The first-order chi connectivity index (χ1) is 10.0. The number of carbonyl (C=O) groups is 1. The minimum Gasteiger partial charge on any atom is -0.381 e. The number of hydrogen-bond donors (Lipinski definition) is 2. The van der Waals surface area contributed by atoms with Gasteiger partial charge in [0.05, 0.1) is 0 Å². The molecule has 21 heavy (non-hydrogen) atoms. The van der Waals surface area contributed by atoms with Gasteiger partial charge < -0.3 is 10.6 Å². The van der Waals surface area contributed by atoms with Gasteiger partial charge in [-0.15, -0.1) is 0 Å². The van der Waals surface area contributed by atoms with Crippen LogP contribution in [0.15, 0.2) is 40.9 Å². The highest BCUT2D eigenvalue weighted by atomic mass is 79.9. The molecular weight excluding hydrogens is 335 g/mol. The largest absolute Gasteiger partial charge is 0.381 e. The third-order valence-electron chi connectivity index (χ3n) is 3.21. The van der Waals surface area contributed by atoms with Gasteiger partial charge in [-0.1, -0.05) is 28.1 Å². The second kappa shape index (κ2) is 6.72. The Hall–Kier alpha value is -1.88. The van der Waals surface area contributed by atoms with Gasteiger partial charge in [0, 0.05) is 34.9 Å². The summed E-state index contributed by atoms with van der Waals surface area (Å²) in [7, 11) is 1.59. The molecule has 0 heterocycles. The molecule has 0 bridgehead atoms. The summed E-state index contributed by atoms with van der Waals surface area (Å²) >= 11 is 3.23. The Morgan fingerprint density at radius 1 is 1.24 bits per heavy atom. The lowest BCUT2D eigenvalue weighted by molar-refractivity contribution is 0.0963. The highest BCUT2D eigenvalue weighted by Gasteiger charge is 2.07. The third kappa shape index (κ3) is 3.82. The van der Waals surface area contributed by atoms with Gasteiger partial charge in [0.15, 0.2) is 0 Å². The number of carbonyl (C=O) groups excluding carboxylic acids is 1. The van der Waals surface area contributed by atoms with Gasteiger partial charge in [0.1, 0.15) is 5.82 Å². The van der Waals surface area contributed by atoms with Crippen LogP contribution in [0.25, 0.3) is 0 Å². The molecule has 0 atom stereocenters. The first kappa shape index (κ1) is 15.5. The number of benzene rings is 2. The summed E-state index contributed by atoms with van der Waals surface area (Å²) in [5.41, 5.74) is 2.96. The Bertz CT molecular complexity index is 673. The maximum atomic E-state index is 13.8. The molecule has 0 spiro atoms. The average Bonchev–Trinajstić information content (AvgIpc) is 2.47. The molecule has 0 unspecified atom stereocenters. The van der Waals surface area contributed by atoms with Crippen molar-refractivity contribution in [3.63, 3.8) is 0 Å². The smallest absolute Gasteiger partial charge is 0.251 e. The van der Waals surface area contributed by atoms with Crippen LogP contribution in [-0.4, -0.2) is 13.0 Å². The predicted molar refractivity (Wildman–Crippen MR) is 86.0 cm³/mol. The fraction of sp³-hybridized carbons (Fsp3) is 0.188. The van der Waals surface area contributed by atoms with Crippen molar-refractivity contribution in [2.24, 2.45) is 0 Å². The van der Waals surface area contributed by atoms with Crippen LogP contribution in [-0.2, 0) is 6.54 Å². The predicted octanol–water partition coefficient (Wildman–Crippen LogP) is 3.87. The van der Waals surface area contributed by atoms with E-state index < -0.39 is 0 Å². The normalized spacial score (nSPS) is 10.3. The average molecular weight is 351 g/mol. The van der Waals surface area contributed by atoms with E-state index in [2.05, 4.69) is 26.6 Å². The number of aryl methyl sites for hydroxylation is 1. The molecule has 0 radical (unpaired) electrons. The van der Waals surface area contributed by atoms with Gasteiger partial charge in [-0.05, 0) is 36.8 Å². The van der Waals surface area contributed by atoms with Crippen molar-refractivity contribution in [1.29, 1.82) is 0 Å². The summed E-state index contributed by atoms with van der Waals surface area (Å²) in [6.45, 7) is 2.30. The van der Waals surface area contributed by atoms with Gasteiger partial charge >= 0.3 is 0 Å². The van der Waals surface area contributed by atoms with E-state index in [0.717, 1.165) is 11.3 Å². The molecule has 0 aromatic heterocycles. The van der Waals surface area contributed by atoms with E-state index in [1.165, 1.54) is 6.07 Å². The lowest BCUT2D eigenvalue weighted by Crippen LogP contribution is -2.18. The van der Waals surface area contributed by atoms with Crippen molar-refractivity contribution in [3.8, 4) is 0 Å². The van der Waals surface area contributed by atoms with Crippen molar-refractivity contribution in [2.75, 3.05) is 12.4 Å².